The van der Waals surface area contributed by atoms with Crippen LogP contribution >= 0.6 is 23.4 Å². The van der Waals surface area contributed by atoms with E-state index in [2.05, 4.69) is 15.5 Å². The van der Waals surface area contributed by atoms with Crippen LogP contribution in [0.15, 0.2) is 74.9 Å². The van der Waals surface area contributed by atoms with Crippen molar-refractivity contribution < 1.29 is 18.6 Å². The Morgan fingerprint density at radius 3 is 2.66 bits per heavy atom. The summed E-state index contributed by atoms with van der Waals surface area (Å²) in [7, 11) is 0. The molecule has 0 spiro atoms. The second kappa shape index (κ2) is 9.25. The number of furan rings is 1. The number of nitro benzene ring substituents is 1. The number of aryl methyl sites for hydroxylation is 1. The minimum absolute atomic E-state index is 0.0186. The number of hydrogen-bond donors (Lipinski definition) is 1. The van der Waals surface area contributed by atoms with E-state index in [0.29, 0.717) is 16.9 Å². The molecule has 2 heterocycles. The molecule has 1 N–H and O–H groups in total. The van der Waals surface area contributed by atoms with Gasteiger partial charge < -0.3 is 14.2 Å². The minimum atomic E-state index is -0.760. The monoisotopic (exact) mass is 470 g/mol. The molecule has 4 aromatic rings. The first kappa shape index (κ1) is 21.6. The van der Waals surface area contributed by atoms with Gasteiger partial charge in [-0.2, -0.15) is 0 Å². The standard InChI is InChI=1S/C21H15ClN4O5S/c1-12-15(9-10-30-12)20-24-25-21(31-20)32-18(13-5-3-2-4-6-13)19(27)23-14-7-8-16(22)17(11-14)26(28)29/h2-11,18H,1H3,(H,23,27). The van der Waals surface area contributed by atoms with Crippen LogP contribution in [0, 0.1) is 17.0 Å². The van der Waals surface area contributed by atoms with E-state index in [4.69, 9.17) is 20.4 Å². The molecular formula is C21H15ClN4O5S. The van der Waals surface area contributed by atoms with E-state index in [9.17, 15) is 14.9 Å². The molecule has 1 unspecified atom stereocenters. The van der Waals surface area contributed by atoms with Gasteiger partial charge in [0, 0.05) is 11.8 Å². The number of nitro groups is 1. The Hall–Kier alpha value is -3.63. The number of amides is 1. The normalized spacial score (nSPS) is 11.8. The maximum atomic E-state index is 13.1. The number of nitrogens with zero attached hydrogens (tertiary/aromatic N) is 3. The molecule has 0 aliphatic carbocycles. The molecule has 1 atom stereocenters. The zero-order chi connectivity index (χ0) is 22.7. The van der Waals surface area contributed by atoms with E-state index < -0.39 is 16.1 Å². The fourth-order valence-corrected chi connectivity index (χ4v) is 3.98. The van der Waals surface area contributed by atoms with Gasteiger partial charge in [0.2, 0.25) is 5.91 Å². The molecule has 11 heteroatoms. The third-order valence-corrected chi connectivity index (χ3v) is 5.87. The molecule has 9 nitrogen and oxygen atoms in total. The van der Waals surface area contributed by atoms with E-state index in [0.717, 1.165) is 11.8 Å². The summed E-state index contributed by atoms with van der Waals surface area (Å²) in [5.74, 6) is 0.489. The molecule has 2 aromatic heterocycles. The zero-order valence-corrected chi connectivity index (χ0v) is 18.1. The third kappa shape index (κ3) is 4.66. The molecule has 0 aliphatic heterocycles. The van der Waals surface area contributed by atoms with Gasteiger partial charge in [-0.05, 0) is 42.4 Å². The summed E-state index contributed by atoms with van der Waals surface area (Å²) in [5.41, 5.74) is 1.30. The first-order valence-corrected chi connectivity index (χ1v) is 10.5. The SMILES string of the molecule is Cc1occc1-c1nnc(SC(C(=O)Nc2ccc(Cl)c([N+](=O)[O-])c2)c2ccccc2)o1. The van der Waals surface area contributed by atoms with Gasteiger partial charge >= 0.3 is 0 Å². The van der Waals surface area contributed by atoms with Crippen LogP contribution in [0.25, 0.3) is 11.5 Å². The van der Waals surface area contributed by atoms with Crippen LogP contribution in [0.1, 0.15) is 16.6 Å². The number of thioether (sulfide) groups is 1. The van der Waals surface area contributed by atoms with Crippen LogP contribution in [-0.4, -0.2) is 21.0 Å². The fourth-order valence-electron chi connectivity index (χ4n) is 2.91. The van der Waals surface area contributed by atoms with Crippen LogP contribution in [0.3, 0.4) is 0 Å². The third-order valence-electron chi connectivity index (χ3n) is 4.47. The highest BCUT2D eigenvalue weighted by Gasteiger charge is 2.26. The minimum Gasteiger partial charge on any atom is -0.469 e. The summed E-state index contributed by atoms with van der Waals surface area (Å²) in [5, 5.41) is 21.3. The Bertz CT molecular complexity index is 1270. The summed E-state index contributed by atoms with van der Waals surface area (Å²) >= 11 is 6.92. The average Bonchev–Trinajstić information content (AvgIpc) is 3.42. The molecule has 0 fully saturated rings. The summed E-state index contributed by atoms with van der Waals surface area (Å²) in [6.45, 7) is 1.78. The largest absolute Gasteiger partial charge is 0.469 e. The lowest BCUT2D eigenvalue weighted by Crippen LogP contribution is -2.19. The Morgan fingerprint density at radius 1 is 1.19 bits per heavy atom. The number of halogens is 1. The summed E-state index contributed by atoms with van der Waals surface area (Å²) in [6.07, 6.45) is 1.52. The number of anilines is 1. The van der Waals surface area contributed by atoms with Gasteiger partial charge in [-0.15, -0.1) is 10.2 Å². The molecule has 0 saturated heterocycles. The van der Waals surface area contributed by atoms with Crippen molar-refractivity contribution in [1.82, 2.24) is 10.2 Å². The molecule has 0 saturated carbocycles. The number of carbonyl (C=O) groups excluding carboxylic acids is 1. The molecule has 162 valence electrons. The van der Waals surface area contributed by atoms with Crippen LogP contribution in [0.5, 0.6) is 0 Å². The van der Waals surface area contributed by atoms with Crippen molar-refractivity contribution in [2.75, 3.05) is 5.32 Å². The lowest BCUT2D eigenvalue weighted by molar-refractivity contribution is -0.384. The Balaban J connectivity index is 1.60. The zero-order valence-electron chi connectivity index (χ0n) is 16.5. The molecule has 0 bridgehead atoms. The molecule has 32 heavy (non-hydrogen) atoms. The van der Waals surface area contributed by atoms with Gasteiger partial charge in [0.15, 0.2) is 0 Å². The highest BCUT2D eigenvalue weighted by molar-refractivity contribution is 8.00. The van der Waals surface area contributed by atoms with Crippen molar-refractivity contribution in [1.29, 1.82) is 0 Å². The predicted molar refractivity (Wildman–Crippen MR) is 119 cm³/mol. The number of nitrogens with one attached hydrogen (secondary N) is 1. The molecular weight excluding hydrogens is 456 g/mol. The van der Waals surface area contributed by atoms with Gasteiger partial charge in [-0.3, -0.25) is 14.9 Å². The predicted octanol–water partition coefficient (Wildman–Crippen LogP) is 5.67. The van der Waals surface area contributed by atoms with E-state index >= 15 is 0 Å². The Labute approximate surface area is 190 Å². The van der Waals surface area contributed by atoms with Crippen molar-refractivity contribution in [3.05, 3.63) is 87.3 Å². The van der Waals surface area contributed by atoms with Gasteiger partial charge in [0.25, 0.3) is 16.8 Å². The Morgan fingerprint density at radius 2 is 1.97 bits per heavy atom. The van der Waals surface area contributed by atoms with Gasteiger partial charge in [-0.1, -0.05) is 41.9 Å². The average molecular weight is 471 g/mol. The first-order valence-electron chi connectivity index (χ1n) is 9.27. The highest BCUT2D eigenvalue weighted by atomic mass is 35.5. The van der Waals surface area contributed by atoms with Gasteiger partial charge in [-0.25, -0.2) is 0 Å². The number of aromatic nitrogens is 2. The van der Waals surface area contributed by atoms with Crippen molar-refractivity contribution in [2.24, 2.45) is 0 Å². The van der Waals surface area contributed by atoms with Crippen molar-refractivity contribution in [3.8, 4) is 11.5 Å². The van der Waals surface area contributed by atoms with Crippen LogP contribution < -0.4 is 5.32 Å². The van der Waals surface area contributed by atoms with Crippen molar-refractivity contribution in [3.63, 3.8) is 0 Å². The summed E-state index contributed by atoms with van der Waals surface area (Å²) in [4.78, 5) is 23.7. The topological polar surface area (TPSA) is 124 Å². The van der Waals surface area contributed by atoms with E-state index in [1.165, 1.54) is 24.5 Å². The van der Waals surface area contributed by atoms with Gasteiger partial charge in [0.05, 0.1) is 16.7 Å². The van der Waals surface area contributed by atoms with E-state index in [1.807, 2.05) is 6.07 Å². The Kier molecular flexibility index (Phi) is 6.24. The highest BCUT2D eigenvalue weighted by Crippen LogP contribution is 2.37. The second-order valence-corrected chi connectivity index (χ2v) is 8.05. The van der Waals surface area contributed by atoms with Crippen LogP contribution in [0.4, 0.5) is 11.4 Å². The number of benzene rings is 2. The van der Waals surface area contributed by atoms with E-state index in [1.54, 1.807) is 37.3 Å². The van der Waals surface area contributed by atoms with Crippen LogP contribution in [0.2, 0.25) is 5.02 Å². The second-order valence-electron chi connectivity index (χ2n) is 6.58. The summed E-state index contributed by atoms with van der Waals surface area (Å²) < 4.78 is 11.0. The maximum Gasteiger partial charge on any atom is 0.289 e. The molecule has 4 rings (SSSR count). The molecule has 0 aliphatic rings. The van der Waals surface area contributed by atoms with Crippen LogP contribution in [-0.2, 0) is 4.79 Å². The molecule has 1 amide bonds. The first-order chi connectivity index (χ1) is 15.4. The van der Waals surface area contributed by atoms with E-state index in [-0.39, 0.29) is 27.5 Å². The maximum absolute atomic E-state index is 13.1. The lowest BCUT2D eigenvalue weighted by Gasteiger charge is -2.15. The van der Waals surface area contributed by atoms with Crippen molar-refractivity contribution in [2.45, 2.75) is 17.4 Å². The lowest BCUT2D eigenvalue weighted by atomic mass is 10.1. The quantitative estimate of drug-likeness (QED) is 0.208. The fraction of sp³-hybridized carbons (Fsp3) is 0.0952. The molecule has 2 aromatic carbocycles. The number of hydrogen-bond acceptors (Lipinski definition) is 8. The molecule has 0 radical (unpaired) electrons. The number of rotatable bonds is 7. The van der Waals surface area contributed by atoms with Gasteiger partial charge in [0.1, 0.15) is 16.0 Å². The number of carbonyl (C=O) groups is 1. The smallest absolute Gasteiger partial charge is 0.289 e. The van der Waals surface area contributed by atoms with Crippen molar-refractivity contribution >= 4 is 40.6 Å². The summed E-state index contributed by atoms with van der Waals surface area (Å²) in [6, 6.07) is 14.8.